The summed E-state index contributed by atoms with van der Waals surface area (Å²) in [6.45, 7) is 4.06. The van der Waals surface area contributed by atoms with Crippen LogP contribution in [0.4, 0.5) is 9.59 Å². The number of primary amides is 1. The van der Waals surface area contributed by atoms with E-state index in [1.807, 2.05) is 11.8 Å². The molecule has 1 aliphatic heterocycles. The third-order valence-corrected chi connectivity index (χ3v) is 6.69. The number of piperidine rings is 1. The molecule has 1 heterocycles. The van der Waals surface area contributed by atoms with Crippen LogP contribution in [0.5, 0.6) is 0 Å². The van der Waals surface area contributed by atoms with Gasteiger partial charge in [-0.1, -0.05) is 30.3 Å². The number of carbonyl (C=O) groups is 2. The topological polar surface area (TPSA) is 93.9 Å². The Morgan fingerprint density at radius 3 is 2.55 bits per heavy atom. The van der Waals surface area contributed by atoms with E-state index in [0.29, 0.717) is 25.5 Å². The summed E-state index contributed by atoms with van der Waals surface area (Å²) in [5, 5.41) is 2.93. The van der Waals surface area contributed by atoms with E-state index in [1.54, 1.807) is 0 Å². The molecule has 3 rings (SSSR count). The van der Waals surface area contributed by atoms with Gasteiger partial charge in [0.05, 0.1) is 25.4 Å². The van der Waals surface area contributed by atoms with Crippen LogP contribution in [0.25, 0.3) is 0 Å². The number of ether oxygens (including phenoxy) is 2. The molecule has 172 valence electrons. The van der Waals surface area contributed by atoms with Crippen molar-refractivity contribution in [2.45, 2.75) is 69.9 Å². The number of nitrogens with one attached hydrogen (secondary N) is 1. The van der Waals surface area contributed by atoms with Gasteiger partial charge in [-0.05, 0) is 69.3 Å². The van der Waals surface area contributed by atoms with Crippen molar-refractivity contribution in [3.63, 3.8) is 0 Å². The van der Waals surface area contributed by atoms with Crippen LogP contribution in [0.1, 0.15) is 63.4 Å². The lowest BCUT2D eigenvalue weighted by atomic mass is 9.82. The van der Waals surface area contributed by atoms with Crippen molar-refractivity contribution in [1.82, 2.24) is 10.2 Å². The van der Waals surface area contributed by atoms with Crippen molar-refractivity contribution in [1.29, 1.82) is 0 Å². The highest BCUT2D eigenvalue weighted by atomic mass is 16.5. The molecule has 1 aromatic carbocycles. The van der Waals surface area contributed by atoms with Crippen LogP contribution in [0, 0.1) is 5.92 Å². The molecule has 1 saturated heterocycles. The Balaban J connectivity index is 1.55. The van der Waals surface area contributed by atoms with Gasteiger partial charge in [0.1, 0.15) is 0 Å². The molecule has 1 saturated carbocycles. The molecule has 7 nitrogen and oxygen atoms in total. The summed E-state index contributed by atoms with van der Waals surface area (Å²) in [6, 6.07) is 10.7. The van der Waals surface area contributed by atoms with Gasteiger partial charge in [-0.25, -0.2) is 9.59 Å². The van der Waals surface area contributed by atoms with E-state index in [9.17, 15) is 9.59 Å². The van der Waals surface area contributed by atoms with E-state index in [0.717, 1.165) is 45.1 Å². The minimum absolute atomic E-state index is 0.0105. The lowest BCUT2D eigenvalue weighted by Crippen LogP contribution is -2.54. The molecule has 1 aromatic rings. The zero-order valence-electron chi connectivity index (χ0n) is 18.6. The first kappa shape index (κ1) is 23.4. The predicted molar refractivity (Wildman–Crippen MR) is 120 cm³/mol. The largest absolute Gasteiger partial charge is 0.450 e. The SMILES string of the molecule is CCNC(=O)N1CCCC(CCOC(N)=O)C1COC1CCC(c2ccccc2)CC1. The lowest BCUT2D eigenvalue weighted by molar-refractivity contribution is -0.0295. The molecule has 0 radical (unpaired) electrons. The van der Waals surface area contributed by atoms with E-state index in [4.69, 9.17) is 15.2 Å². The van der Waals surface area contributed by atoms with Crippen molar-refractivity contribution in [2.75, 3.05) is 26.3 Å². The van der Waals surface area contributed by atoms with Gasteiger partial charge in [0, 0.05) is 13.1 Å². The molecule has 2 fully saturated rings. The number of benzene rings is 1. The van der Waals surface area contributed by atoms with E-state index in [1.165, 1.54) is 5.56 Å². The number of nitrogens with zero attached hydrogens (tertiary/aromatic N) is 1. The van der Waals surface area contributed by atoms with E-state index in [2.05, 4.69) is 35.6 Å². The maximum absolute atomic E-state index is 12.6. The standard InChI is InChI=1S/C24H37N3O4/c1-2-26-24(29)27-15-6-9-20(14-16-30-23(25)28)22(27)17-31-21-12-10-19(11-13-21)18-7-4-3-5-8-18/h3-5,7-8,19-22H,2,6,9-17H2,1H3,(H2,25,28)(H,26,29). The number of rotatable bonds is 8. The van der Waals surface area contributed by atoms with Crippen LogP contribution in [-0.4, -0.2) is 55.5 Å². The Labute approximate surface area is 185 Å². The number of urea groups is 1. The Bertz CT molecular complexity index is 691. The molecule has 2 atom stereocenters. The maximum atomic E-state index is 12.6. The highest BCUT2D eigenvalue weighted by Crippen LogP contribution is 2.35. The molecule has 0 spiro atoms. The normalized spacial score (nSPS) is 26.3. The molecule has 2 unspecified atom stereocenters. The highest BCUT2D eigenvalue weighted by molar-refractivity contribution is 5.74. The van der Waals surface area contributed by atoms with Gasteiger partial charge in [0.2, 0.25) is 0 Å². The quantitative estimate of drug-likeness (QED) is 0.650. The molecule has 3 amide bonds. The third-order valence-electron chi connectivity index (χ3n) is 6.69. The number of nitrogens with two attached hydrogens (primary N) is 1. The summed E-state index contributed by atoms with van der Waals surface area (Å²) in [5.41, 5.74) is 6.53. The summed E-state index contributed by atoms with van der Waals surface area (Å²) < 4.78 is 11.3. The fraction of sp³-hybridized carbons (Fsp3) is 0.667. The number of hydrogen-bond acceptors (Lipinski definition) is 4. The van der Waals surface area contributed by atoms with Crippen molar-refractivity contribution in [3.8, 4) is 0 Å². The highest BCUT2D eigenvalue weighted by Gasteiger charge is 2.35. The number of amides is 3. The van der Waals surface area contributed by atoms with E-state index < -0.39 is 6.09 Å². The predicted octanol–water partition coefficient (Wildman–Crippen LogP) is 4.02. The number of carbonyl (C=O) groups excluding carboxylic acids is 2. The van der Waals surface area contributed by atoms with Crippen LogP contribution in [0.15, 0.2) is 30.3 Å². The number of hydrogen-bond donors (Lipinski definition) is 2. The van der Waals surface area contributed by atoms with Crippen LogP contribution < -0.4 is 11.1 Å². The van der Waals surface area contributed by atoms with E-state index >= 15 is 0 Å². The summed E-state index contributed by atoms with van der Waals surface area (Å²) in [7, 11) is 0. The Hall–Kier alpha value is -2.28. The second-order valence-corrected chi connectivity index (χ2v) is 8.67. The van der Waals surface area contributed by atoms with Crippen molar-refractivity contribution in [2.24, 2.45) is 11.7 Å². The average Bonchev–Trinajstić information content (AvgIpc) is 2.79. The summed E-state index contributed by atoms with van der Waals surface area (Å²) in [5.74, 6) is 0.845. The van der Waals surface area contributed by atoms with Gasteiger partial charge in [-0.3, -0.25) is 0 Å². The Kier molecular flexibility index (Phi) is 9.00. The van der Waals surface area contributed by atoms with Crippen LogP contribution in [-0.2, 0) is 9.47 Å². The summed E-state index contributed by atoms with van der Waals surface area (Å²) in [6.07, 6.45) is 6.47. The molecule has 7 heteroatoms. The maximum Gasteiger partial charge on any atom is 0.404 e. The zero-order chi connectivity index (χ0) is 22.1. The van der Waals surface area contributed by atoms with Gasteiger partial charge < -0.3 is 25.4 Å². The Morgan fingerprint density at radius 2 is 1.87 bits per heavy atom. The molecule has 31 heavy (non-hydrogen) atoms. The molecular weight excluding hydrogens is 394 g/mol. The average molecular weight is 432 g/mol. The number of likely N-dealkylation sites (tertiary alicyclic amines) is 1. The molecule has 0 aromatic heterocycles. The van der Waals surface area contributed by atoms with Crippen molar-refractivity contribution >= 4 is 12.1 Å². The second kappa shape index (κ2) is 11.9. The van der Waals surface area contributed by atoms with Crippen LogP contribution in [0.2, 0.25) is 0 Å². The van der Waals surface area contributed by atoms with E-state index in [-0.39, 0.29) is 30.7 Å². The molecule has 0 bridgehead atoms. The smallest absolute Gasteiger partial charge is 0.404 e. The minimum Gasteiger partial charge on any atom is -0.450 e. The third kappa shape index (κ3) is 6.86. The molecular formula is C24H37N3O4. The Morgan fingerprint density at radius 1 is 1.13 bits per heavy atom. The van der Waals surface area contributed by atoms with Gasteiger partial charge in [-0.15, -0.1) is 0 Å². The first-order chi connectivity index (χ1) is 15.1. The second-order valence-electron chi connectivity index (χ2n) is 8.67. The van der Waals surface area contributed by atoms with Gasteiger partial charge in [0.25, 0.3) is 0 Å². The summed E-state index contributed by atoms with van der Waals surface area (Å²) in [4.78, 5) is 25.5. The van der Waals surface area contributed by atoms with Crippen LogP contribution >= 0.6 is 0 Å². The monoisotopic (exact) mass is 431 g/mol. The lowest BCUT2D eigenvalue weighted by Gasteiger charge is -2.42. The van der Waals surface area contributed by atoms with Gasteiger partial charge in [0.15, 0.2) is 0 Å². The summed E-state index contributed by atoms with van der Waals surface area (Å²) >= 11 is 0. The van der Waals surface area contributed by atoms with Crippen molar-refractivity contribution < 1.29 is 19.1 Å². The fourth-order valence-corrected chi connectivity index (χ4v) is 5.04. The first-order valence-corrected chi connectivity index (χ1v) is 11.7. The zero-order valence-corrected chi connectivity index (χ0v) is 18.6. The van der Waals surface area contributed by atoms with Gasteiger partial charge in [-0.2, -0.15) is 0 Å². The minimum atomic E-state index is -0.751. The van der Waals surface area contributed by atoms with Gasteiger partial charge >= 0.3 is 12.1 Å². The van der Waals surface area contributed by atoms with Crippen molar-refractivity contribution in [3.05, 3.63) is 35.9 Å². The first-order valence-electron chi connectivity index (χ1n) is 11.7. The molecule has 3 N–H and O–H groups in total. The van der Waals surface area contributed by atoms with Crippen LogP contribution in [0.3, 0.4) is 0 Å². The fourth-order valence-electron chi connectivity index (χ4n) is 5.04. The molecule has 1 aliphatic carbocycles. The molecule has 2 aliphatic rings.